The van der Waals surface area contributed by atoms with E-state index < -0.39 is 0 Å². The van der Waals surface area contributed by atoms with Crippen LogP contribution in [0.15, 0.2) is 18.2 Å². The standard InChI is InChI=1S/C19H22O5/c1-10-11(2)19(24-4)12(3)16(18(10)23)8-15(21)7-13-5-6-14(20)9-17(13)22/h5-6,9,20,22-23H,7-8H2,1-4H3. The van der Waals surface area contributed by atoms with Crippen LogP contribution in [0.25, 0.3) is 0 Å². The molecule has 0 atom stereocenters. The fraction of sp³-hybridized carbons (Fsp3) is 0.316. The van der Waals surface area contributed by atoms with Crippen LogP contribution >= 0.6 is 0 Å². The lowest BCUT2D eigenvalue weighted by molar-refractivity contribution is -0.117. The van der Waals surface area contributed by atoms with E-state index in [1.807, 2.05) is 13.8 Å². The average molecular weight is 330 g/mol. The summed E-state index contributed by atoms with van der Waals surface area (Å²) in [6.45, 7) is 5.46. The van der Waals surface area contributed by atoms with Crippen LogP contribution in [0, 0.1) is 20.8 Å². The van der Waals surface area contributed by atoms with Crippen molar-refractivity contribution < 1.29 is 24.9 Å². The molecule has 3 N–H and O–H groups in total. The van der Waals surface area contributed by atoms with E-state index in [-0.39, 0.29) is 35.9 Å². The molecule has 2 rings (SSSR count). The monoisotopic (exact) mass is 330 g/mol. The first-order valence-electron chi connectivity index (χ1n) is 7.64. The number of rotatable bonds is 5. The Morgan fingerprint density at radius 2 is 1.67 bits per heavy atom. The number of carbonyl (C=O) groups is 1. The van der Waals surface area contributed by atoms with Gasteiger partial charge in [0.2, 0.25) is 0 Å². The first kappa shape index (κ1) is 17.7. The van der Waals surface area contributed by atoms with Crippen molar-refractivity contribution in [3.05, 3.63) is 46.0 Å². The van der Waals surface area contributed by atoms with Crippen LogP contribution in [0.3, 0.4) is 0 Å². The minimum atomic E-state index is -0.153. The number of ether oxygens (including phenoxy) is 1. The first-order chi connectivity index (χ1) is 11.3. The van der Waals surface area contributed by atoms with Gasteiger partial charge in [-0.3, -0.25) is 4.79 Å². The van der Waals surface area contributed by atoms with Gasteiger partial charge in [0.05, 0.1) is 7.11 Å². The molecule has 0 heterocycles. The van der Waals surface area contributed by atoms with Gasteiger partial charge in [0.1, 0.15) is 28.8 Å². The third-order valence-electron chi connectivity index (χ3n) is 4.37. The predicted molar refractivity (Wildman–Crippen MR) is 91.1 cm³/mol. The summed E-state index contributed by atoms with van der Waals surface area (Å²) >= 11 is 0. The van der Waals surface area contributed by atoms with Crippen molar-refractivity contribution in [3.8, 4) is 23.0 Å². The maximum absolute atomic E-state index is 12.4. The van der Waals surface area contributed by atoms with Crippen LogP contribution in [0.5, 0.6) is 23.0 Å². The summed E-state index contributed by atoms with van der Waals surface area (Å²) in [5.74, 6) is 0.437. The first-order valence-corrected chi connectivity index (χ1v) is 7.64. The molecule has 0 bridgehead atoms. The van der Waals surface area contributed by atoms with Gasteiger partial charge in [-0.25, -0.2) is 0 Å². The molecular formula is C19H22O5. The number of benzene rings is 2. The van der Waals surface area contributed by atoms with E-state index in [1.165, 1.54) is 18.2 Å². The zero-order valence-corrected chi connectivity index (χ0v) is 14.3. The minimum Gasteiger partial charge on any atom is -0.508 e. The molecule has 24 heavy (non-hydrogen) atoms. The van der Waals surface area contributed by atoms with E-state index in [9.17, 15) is 20.1 Å². The zero-order valence-electron chi connectivity index (χ0n) is 14.3. The summed E-state index contributed by atoms with van der Waals surface area (Å²) in [7, 11) is 1.56. The lowest BCUT2D eigenvalue weighted by Crippen LogP contribution is -2.10. The summed E-state index contributed by atoms with van der Waals surface area (Å²) in [6.07, 6.45) is 0.0513. The second-order valence-corrected chi connectivity index (χ2v) is 5.94. The number of Topliss-reactive ketones (excluding diaryl/α,β-unsaturated/α-hetero) is 1. The molecule has 0 aliphatic heterocycles. The van der Waals surface area contributed by atoms with Crippen LogP contribution in [-0.2, 0) is 17.6 Å². The second kappa shape index (κ2) is 6.83. The molecule has 0 unspecified atom stereocenters. The minimum absolute atomic E-state index is 0.0141. The predicted octanol–water partition coefficient (Wildman–Crippen LogP) is 3.09. The van der Waals surface area contributed by atoms with E-state index in [1.54, 1.807) is 14.0 Å². The molecule has 0 aliphatic carbocycles. The zero-order chi connectivity index (χ0) is 18.0. The van der Waals surface area contributed by atoms with Gasteiger partial charge >= 0.3 is 0 Å². The number of hydrogen-bond donors (Lipinski definition) is 3. The molecule has 5 heteroatoms. The molecule has 128 valence electrons. The number of ketones is 1. The molecule has 2 aromatic rings. The smallest absolute Gasteiger partial charge is 0.141 e. The molecule has 0 saturated heterocycles. The van der Waals surface area contributed by atoms with Crippen LogP contribution in [-0.4, -0.2) is 28.2 Å². The van der Waals surface area contributed by atoms with Crippen molar-refractivity contribution in [2.75, 3.05) is 7.11 Å². The molecule has 0 spiro atoms. The molecule has 0 amide bonds. The number of aromatic hydroxyl groups is 3. The average Bonchev–Trinajstić information content (AvgIpc) is 2.53. The van der Waals surface area contributed by atoms with Crippen molar-refractivity contribution >= 4 is 5.78 Å². The molecule has 0 saturated carbocycles. The van der Waals surface area contributed by atoms with Gasteiger partial charge in [-0.05, 0) is 43.5 Å². The molecule has 5 nitrogen and oxygen atoms in total. The largest absolute Gasteiger partial charge is 0.508 e. The highest BCUT2D eigenvalue weighted by Crippen LogP contribution is 2.37. The van der Waals surface area contributed by atoms with Crippen molar-refractivity contribution in [3.63, 3.8) is 0 Å². The third kappa shape index (κ3) is 3.30. The number of phenolic OH excluding ortho intramolecular Hbond substituents is 3. The molecule has 0 aliphatic rings. The van der Waals surface area contributed by atoms with Crippen LogP contribution in [0.2, 0.25) is 0 Å². The van der Waals surface area contributed by atoms with E-state index in [0.717, 1.165) is 11.1 Å². The summed E-state index contributed by atoms with van der Waals surface area (Å²) in [5, 5.41) is 29.5. The van der Waals surface area contributed by atoms with Gasteiger partial charge in [0.25, 0.3) is 0 Å². The number of carbonyl (C=O) groups excluding carboxylic acids is 1. The fourth-order valence-electron chi connectivity index (χ4n) is 2.87. The highest BCUT2D eigenvalue weighted by Gasteiger charge is 2.20. The molecular weight excluding hydrogens is 308 g/mol. The Hall–Kier alpha value is -2.69. The summed E-state index contributed by atoms with van der Waals surface area (Å²) in [4.78, 5) is 12.4. The Balaban J connectivity index is 2.31. The van der Waals surface area contributed by atoms with Gasteiger partial charge in [-0.2, -0.15) is 0 Å². The Kier molecular flexibility index (Phi) is 5.02. The fourth-order valence-corrected chi connectivity index (χ4v) is 2.87. The lowest BCUT2D eigenvalue weighted by Gasteiger charge is -2.18. The quantitative estimate of drug-likeness (QED) is 0.784. The molecule has 0 aromatic heterocycles. The Morgan fingerprint density at radius 1 is 1.00 bits per heavy atom. The Labute approximate surface area is 141 Å². The van der Waals surface area contributed by atoms with Crippen molar-refractivity contribution in [2.24, 2.45) is 0 Å². The van der Waals surface area contributed by atoms with Gasteiger partial charge in [0, 0.05) is 30.0 Å². The molecule has 0 radical (unpaired) electrons. The van der Waals surface area contributed by atoms with Gasteiger partial charge in [-0.15, -0.1) is 0 Å². The summed E-state index contributed by atoms with van der Waals surface area (Å²) in [5.41, 5.74) is 3.25. The molecule has 0 fully saturated rings. The van der Waals surface area contributed by atoms with E-state index in [2.05, 4.69) is 0 Å². The third-order valence-corrected chi connectivity index (χ3v) is 4.37. The van der Waals surface area contributed by atoms with E-state index >= 15 is 0 Å². The summed E-state index contributed by atoms with van der Waals surface area (Å²) in [6, 6.07) is 4.13. The van der Waals surface area contributed by atoms with Crippen LogP contribution < -0.4 is 4.74 Å². The van der Waals surface area contributed by atoms with Crippen LogP contribution in [0.1, 0.15) is 27.8 Å². The van der Waals surface area contributed by atoms with Crippen molar-refractivity contribution in [1.82, 2.24) is 0 Å². The van der Waals surface area contributed by atoms with Gasteiger partial charge < -0.3 is 20.1 Å². The Morgan fingerprint density at radius 3 is 2.25 bits per heavy atom. The normalized spacial score (nSPS) is 10.7. The maximum atomic E-state index is 12.4. The maximum Gasteiger partial charge on any atom is 0.141 e. The number of phenols is 3. The van der Waals surface area contributed by atoms with Crippen molar-refractivity contribution in [2.45, 2.75) is 33.6 Å². The van der Waals surface area contributed by atoms with Crippen molar-refractivity contribution in [1.29, 1.82) is 0 Å². The number of hydrogen-bond acceptors (Lipinski definition) is 5. The highest BCUT2D eigenvalue weighted by molar-refractivity contribution is 5.85. The second-order valence-electron chi connectivity index (χ2n) is 5.94. The highest BCUT2D eigenvalue weighted by atomic mass is 16.5. The SMILES string of the molecule is COc1c(C)c(C)c(O)c(CC(=O)Cc2ccc(O)cc2O)c1C. The van der Waals surface area contributed by atoms with E-state index in [0.29, 0.717) is 22.4 Å². The van der Waals surface area contributed by atoms with Gasteiger partial charge in [0.15, 0.2) is 0 Å². The topological polar surface area (TPSA) is 87.0 Å². The van der Waals surface area contributed by atoms with Gasteiger partial charge in [-0.1, -0.05) is 6.07 Å². The van der Waals surface area contributed by atoms with Crippen LogP contribution in [0.4, 0.5) is 0 Å². The summed E-state index contributed by atoms with van der Waals surface area (Å²) < 4.78 is 5.39. The Bertz CT molecular complexity index is 793. The number of methoxy groups -OCH3 is 1. The molecule has 2 aromatic carbocycles. The lowest BCUT2D eigenvalue weighted by atomic mass is 9.93. The van der Waals surface area contributed by atoms with E-state index in [4.69, 9.17) is 4.74 Å².